The van der Waals surface area contributed by atoms with Gasteiger partial charge in [-0.3, -0.25) is 4.99 Å². The van der Waals surface area contributed by atoms with Crippen molar-refractivity contribution >= 4 is 28.4 Å². The van der Waals surface area contributed by atoms with Crippen LogP contribution in [0.15, 0.2) is 77.8 Å². The number of amidine groups is 1. The van der Waals surface area contributed by atoms with Gasteiger partial charge in [0.15, 0.2) is 0 Å². The second-order valence-electron chi connectivity index (χ2n) is 6.11. The zero-order chi connectivity index (χ0) is 15.2. The molecule has 0 amide bonds. The van der Waals surface area contributed by atoms with E-state index in [1.54, 1.807) is 0 Å². The van der Waals surface area contributed by atoms with Crippen molar-refractivity contribution < 1.29 is 17.0 Å². The molecule has 3 aromatic rings. The van der Waals surface area contributed by atoms with Gasteiger partial charge in [0.05, 0.1) is 12.6 Å². The van der Waals surface area contributed by atoms with E-state index in [4.69, 9.17) is 4.99 Å². The van der Waals surface area contributed by atoms with E-state index in [0.717, 1.165) is 12.4 Å². The minimum Gasteiger partial charge on any atom is -1.00 e. The molecular weight excluding hydrogens is 360 g/mol. The maximum atomic E-state index is 4.94. The Morgan fingerprint density at radius 2 is 1.62 bits per heavy atom. The standard InChI is InChI=1S/C21H16N2.BrH/c1-2-7-17-13-18(10-9-15(17)5-1)19-14-23-20-8-4-3-6-16(20)11-12-21(23)22-19;/h1-13,19H,14H2;1H/p-1. The molecule has 2 aliphatic rings. The van der Waals surface area contributed by atoms with E-state index in [2.05, 4.69) is 83.8 Å². The van der Waals surface area contributed by atoms with Crippen molar-refractivity contribution in [2.75, 3.05) is 11.4 Å². The van der Waals surface area contributed by atoms with E-state index < -0.39 is 0 Å². The molecular formula is C21H16BrN2-. The molecule has 118 valence electrons. The first-order chi connectivity index (χ1) is 11.4. The summed E-state index contributed by atoms with van der Waals surface area (Å²) < 4.78 is 0. The molecule has 2 nitrogen and oxygen atoms in total. The fourth-order valence-electron chi connectivity index (χ4n) is 3.53. The van der Waals surface area contributed by atoms with Crippen LogP contribution in [0.5, 0.6) is 0 Å². The number of hydrogen-bond donors (Lipinski definition) is 0. The summed E-state index contributed by atoms with van der Waals surface area (Å²) in [5, 5.41) is 2.57. The quantitative estimate of drug-likeness (QED) is 0.633. The Labute approximate surface area is 151 Å². The van der Waals surface area contributed by atoms with Crippen molar-refractivity contribution in [2.24, 2.45) is 4.99 Å². The van der Waals surface area contributed by atoms with Crippen LogP contribution in [0.2, 0.25) is 0 Å². The summed E-state index contributed by atoms with van der Waals surface area (Å²) in [6, 6.07) is 23.9. The van der Waals surface area contributed by atoms with Gasteiger partial charge in [-0.25, -0.2) is 0 Å². The van der Waals surface area contributed by atoms with Gasteiger partial charge >= 0.3 is 0 Å². The van der Waals surface area contributed by atoms with Crippen molar-refractivity contribution in [3.8, 4) is 0 Å². The van der Waals surface area contributed by atoms with Crippen LogP contribution in [0.4, 0.5) is 5.69 Å². The maximum Gasteiger partial charge on any atom is 0.128 e. The number of rotatable bonds is 1. The lowest BCUT2D eigenvalue weighted by molar-refractivity contribution is -0.00000434. The summed E-state index contributed by atoms with van der Waals surface area (Å²) in [6.45, 7) is 0.912. The van der Waals surface area contributed by atoms with Crippen molar-refractivity contribution in [3.05, 3.63) is 83.9 Å². The molecule has 0 aromatic heterocycles. The average Bonchev–Trinajstić information content (AvgIpc) is 3.06. The van der Waals surface area contributed by atoms with Crippen LogP contribution >= 0.6 is 0 Å². The van der Waals surface area contributed by atoms with Gasteiger partial charge in [0, 0.05) is 5.69 Å². The fourth-order valence-corrected chi connectivity index (χ4v) is 3.53. The third-order valence-corrected chi connectivity index (χ3v) is 4.72. The molecule has 0 N–H and O–H groups in total. The molecule has 0 saturated carbocycles. The van der Waals surface area contributed by atoms with E-state index in [9.17, 15) is 0 Å². The Morgan fingerprint density at radius 1 is 0.833 bits per heavy atom. The van der Waals surface area contributed by atoms with Crippen molar-refractivity contribution in [1.29, 1.82) is 0 Å². The largest absolute Gasteiger partial charge is 1.00 e. The molecule has 3 aromatic carbocycles. The number of benzene rings is 3. The summed E-state index contributed by atoms with van der Waals surface area (Å²) >= 11 is 0. The van der Waals surface area contributed by atoms with Crippen LogP contribution in [0, 0.1) is 0 Å². The van der Waals surface area contributed by atoms with Crippen molar-refractivity contribution in [2.45, 2.75) is 6.04 Å². The van der Waals surface area contributed by atoms with Crippen LogP contribution in [0.1, 0.15) is 17.2 Å². The third kappa shape index (κ3) is 2.36. The Kier molecular flexibility index (Phi) is 3.73. The van der Waals surface area contributed by atoms with Gasteiger partial charge in [-0.15, -0.1) is 0 Å². The molecule has 24 heavy (non-hydrogen) atoms. The number of anilines is 1. The number of hydrogen-bond acceptors (Lipinski definition) is 2. The number of halogens is 1. The zero-order valence-corrected chi connectivity index (χ0v) is 14.6. The lowest BCUT2D eigenvalue weighted by Gasteiger charge is -2.24. The first kappa shape index (κ1) is 15.2. The zero-order valence-electron chi connectivity index (χ0n) is 13.1. The SMILES string of the molecule is C1=Cc2ccccc2N2CC(c3ccc4ccccc4c3)N=C12.[Br-]. The molecule has 0 aliphatic carbocycles. The van der Waals surface area contributed by atoms with Gasteiger partial charge in [0.25, 0.3) is 0 Å². The number of aliphatic imine (C=N–C) groups is 1. The Bertz CT molecular complexity index is 974. The Morgan fingerprint density at radius 3 is 2.54 bits per heavy atom. The maximum absolute atomic E-state index is 4.94. The summed E-state index contributed by atoms with van der Waals surface area (Å²) in [5.41, 5.74) is 3.82. The van der Waals surface area contributed by atoms with E-state index in [-0.39, 0.29) is 23.0 Å². The van der Waals surface area contributed by atoms with Gasteiger partial charge in [-0.1, -0.05) is 54.6 Å². The van der Waals surface area contributed by atoms with Gasteiger partial charge < -0.3 is 21.9 Å². The normalized spacial score (nSPS) is 17.9. The van der Waals surface area contributed by atoms with Crippen LogP contribution < -0.4 is 21.9 Å². The van der Waals surface area contributed by atoms with E-state index >= 15 is 0 Å². The highest BCUT2D eigenvalue weighted by molar-refractivity contribution is 6.13. The van der Waals surface area contributed by atoms with Gasteiger partial charge in [-0.05, 0) is 46.2 Å². The third-order valence-electron chi connectivity index (χ3n) is 4.72. The molecule has 0 bridgehead atoms. The highest BCUT2D eigenvalue weighted by atomic mass is 79.9. The second kappa shape index (κ2) is 5.91. The van der Waals surface area contributed by atoms with Crippen molar-refractivity contribution in [3.63, 3.8) is 0 Å². The summed E-state index contributed by atoms with van der Waals surface area (Å²) in [6.07, 6.45) is 4.29. The molecule has 2 heterocycles. The smallest absolute Gasteiger partial charge is 0.128 e. The number of para-hydroxylation sites is 1. The highest BCUT2D eigenvalue weighted by Crippen LogP contribution is 2.35. The average molecular weight is 376 g/mol. The molecule has 1 unspecified atom stereocenters. The summed E-state index contributed by atoms with van der Waals surface area (Å²) in [5.74, 6) is 1.07. The van der Waals surface area contributed by atoms with Crippen LogP contribution in [-0.2, 0) is 0 Å². The van der Waals surface area contributed by atoms with Crippen molar-refractivity contribution in [1.82, 2.24) is 0 Å². The first-order valence-corrected chi connectivity index (χ1v) is 8.00. The molecule has 0 saturated heterocycles. The molecule has 0 spiro atoms. The van der Waals surface area contributed by atoms with E-state index in [1.807, 2.05) is 0 Å². The second-order valence-corrected chi connectivity index (χ2v) is 6.11. The Balaban J connectivity index is 0.00000146. The predicted octanol–water partition coefficient (Wildman–Crippen LogP) is 1.83. The molecule has 3 heteroatoms. The monoisotopic (exact) mass is 375 g/mol. The van der Waals surface area contributed by atoms with Crippen LogP contribution in [0.25, 0.3) is 16.8 Å². The molecule has 5 rings (SSSR count). The minimum absolute atomic E-state index is 0. The van der Waals surface area contributed by atoms with Crippen LogP contribution in [0.3, 0.4) is 0 Å². The first-order valence-electron chi connectivity index (χ1n) is 8.00. The molecule has 2 aliphatic heterocycles. The molecule has 1 atom stereocenters. The number of fused-ring (bicyclic) bond motifs is 4. The lowest BCUT2D eigenvalue weighted by atomic mass is 10.0. The summed E-state index contributed by atoms with van der Waals surface area (Å²) in [4.78, 5) is 7.27. The fraction of sp³-hybridized carbons (Fsp3) is 0.0952. The predicted molar refractivity (Wildman–Crippen MR) is 96.9 cm³/mol. The topological polar surface area (TPSA) is 15.6 Å². The van der Waals surface area contributed by atoms with Gasteiger partial charge in [-0.2, -0.15) is 0 Å². The van der Waals surface area contributed by atoms with Crippen LogP contribution in [-0.4, -0.2) is 12.4 Å². The highest BCUT2D eigenvalue weighted by Gasteiger charge is 2.28. The summed E-state index contributed by atoms with van der Waals surface area (Å²) in [7, 11) is 0. The number of nitrogens with zero attached hydrogens (tertiary/aromatic N) is 2. The lowest BCUT2D eigenvalue weighted by Crippen LogP contribution is -3.00. The van der Waals surface area contributed by atoms with E-state index in [0.29, 0.717) is 0 Å². The molecule has 0 fully saturated rings. The van der Waals surface area contributed by atoms with E-state index in [1.165, 1.54) is 27.6 Å². The van der Waals surface area contributed by atoms with Gasteiger partial charge in [0.1, 0.15) is 5.84 Å². The Hall–Kier alpha value is -2.39. The minimum atomic E-state index is 0. The van der Waals surface area contributed by atoms with Gasteiger partial charge in [0.2, 0.25) is 0 Å². The molecule has 0 radical (unpaired) electrons.